The summed E-state index contributed by atoms with van der Waals surface area (Å²) in [4.78, 5) is 35.9. The van der Waals surface area contributed by atoms with Crippen LogP contribution in [0.3, 0.4) is 0 Å². The standard InChI is InChI=1S/C57H101O13P/c1-3-5-7-9-11-13-15-17-19-21-23-24-25-26-28-30-32-34-36-38-40-42-44-46-51(59)69-49(48-68-71(65,66)70-57-55(63)53(61)52(60)54(62)56(57)64)47-67-50(58)45-43-41-39-37-35-33-31-29-27-22-20-18-16-14-12-10-8-6-4-2/h12,14,18,20,27,29,33,35,39,41,49,52-57,60-64H,3-11,13,15-17,19,21-26,28,30-32,34,36-38,40,42-48H2,1-2H3,(H,65,66)/b14-12+,20-18+,29-27+,35-33+,41-39+/t49-,52?,53-,54?,55?,56?,57?/m1/s1. The molecule has 0 aromatic rings. The predicted molar refractivity (Wildman–Crippen MR) is 286 cm³/mol. The molecule has 6 N–H and O–H groups in total. The first-order chi connectivity index (χ1) is 34.4. The summed E-state index contributed by atoms with van der Waals surface area (Å²) in [6, 6.07) is 0. The minimum absolute atomic E-state index is 0.0434. The molecule has 6 unspecified atom stereocenters. The molecule has 0 radical (unpaired) electrons. The van der Waals surface area contributed by atoms with Crippen molar-refractivity contribution in [2.24, 2.45) is 0 Å². The second kappa shape index (κ2) is 46.1. The van der Waals surface area contributed by atoms with Gasteiger partial charge in [0.1, 0.15) is 43.2 Å². The van der Waals surface area contributed by atoms with E-state index in [9.17, 15) is 44.6 Å². The number of hydrogen-bond donors (Lipinski definition) is 6. The highest BCUT2D eigenvalue weighted by molar-refractivity contribution is 7.47. The molecule has 1 aliphatic carbocycles. The Kier molecular flexibility index (Phi) is 43.2. The van der Waals surface area contributed by atoms with Crippen LogP contribution in [0.1, 0.15) is 232 Å². The number of unbranched alkanes of at least 4 members (excludes halogenated alkanes) is 25. The Hall–Kier alpha value is -2.45. The highest BCUT2D eigenvalue weighted by atomic mass is 31.2. The van der Waals surface area contributed by atoms with Crippen LogP contribution in [0.4, 0.5) is 0 Å². The van der Waals surface area contributed by atoms with Crippen molar-refractivity contribution in [3.8, 4) is 0 Å². The van der Waals surface area contributed by atoms with Crippen molar-refractivity contribution < 1.29 is 63.1 Å². The quantitative estimate of drug-likeness (QED) is 0.0145. The Bertz CT molecular complexity index is 1470. The van der Waals surface area contributed by atoms with E-state index < -0.39 is 75.7 Å². The fourth-order valence-electron chi connectivity index (χ4n) is 8.39. The van der Waals surface area contributed by atoms with Gasteiger partial charge in [-0.2, -0.15) is 0 Å². The molecule has 0 amide bonds. The fourth-order valence-corrected chi connectivity index (χ4v) is 9.36. The van der Waals surface area contributed by atoms with E-state index in [1.807, 2.05) is 18.2 Å². The van der Waals surface area contributed by atoms with Gasteiger partial charge in [-0.25, -0.2) is 4.57 Å². The maximum absolute atomic E-state index is 12.9. The summed E-state index contributed by atoms with van der Waals surface area (Å²) in [6.45, 7) is 3.25. The van der Waals surface area contributed by atoms with Crippen molar-refractivity contribution in [2.45, 2.75) is 275 Å². The molecule has 0 aliphatic heterocycles. The van der Waals surface area contributed by atoms with Crippen LogP contribution in [0.25, 0.3) is 0 Å². The van der Waals surface area contributed by atoms with Crippen LogP contribution in [-0.2, 0) is 32.7 Å². The summed E-state index contributed by atoms with van der Waals surface area (Å²) >= 11 is 0. The first-order valence-corrected chi connectivity index (χ1v) is 29.6. The molecule has 0 spiro atoms. The van der Waals surface area contributed by atoms with Crippen LogP contribution in [0.2, 0.25) is 0 Å². The summed E-state index contributed by atoms with van der Waals surface area (Å²) in [6.07, 6.45) is 45.7. The second-order valence-electron chi connectivity index (χ2n) is 19.4. The molecule has 0 aromatic carbocycles. The number of aliphatic hydroxyl groups is 5. The summed E-state index contributed by atoms with van der Waals surface area (Å²) in [7, 11) is -5.14. The average Bonchev–Trinajstić information content (AvgIpc) is 3.35. The van der Waals surface area contributed by atoms with E-state index in [0.29, 0.717) is 19.3 Å². The van der Waals surface area contributed by atoms with E-state index >= 15 is 0 Å². The number of allylic oxidation sites excluding steroid dienone is 10. The summed E-state index contributed by atoms with van der Waals surface area (Å²) in [5, 5.41) is 50.3. The molecule has 0 bridgehead atoms. The second-order valence-corrected chi connectivity index (χ2v) is 20.9. The number of carbonyl (C=O) groups excluding carboxylic acids is 2. The van der Waals surface area contributed by atoms with Crippen LogP contribution in [0.5, 0.6) is 0 Å². The molecule has 412 valence electrons. The van der Waals surface area contributed by atoms with Gasteiger partial charge in [-0.3, -0.25) is 18.6 Å². The van der Waals surface area contributed by atoms with Gasteiger partial charge < -0.3 is 39.9 Å². The number of esters is 2. The Morgan fingerprint density at radius 1 is 0.437 bits per heavy atom. The smallest absolute Gasteiger partial charge is 0.462 e. The van der Waals surface area contributed by atoms with Crippen LogP contribution < -0.4 is 0 Å². The van der Waals surface area contributed by atoms with Crippen molar-refractivity contribution in [3.05, 3.63) is 60.8 Å². The molecule has 1 rings (SSSR count). The van der Waals surface area contributed by atoms with E-state index in [0.717, 1.165) is 51.4 Å². The Balaban J connectivity index is 2.39. The lowest BCUT2D eigenvalue weighted by Gasteiger charge is -2.41. The van der Waals surface area contributed by atoms with Crippen molar-refractivity contribution in [1.82, 2.24) is 0 Å². The zero-order valence-corrected chi connectivity index (χ0v) is 45.2. The third-order valence-corrected chi connectivity index (χ3v) is 13.9. The number of aliphatic hydroxyl groups excluding tert-OH is 5. The van der Waals surface area contributed by atoms with Gasteiger partial charge in [0.15, 0.2) is 6.10 Å². The largest absolute Gasteiger partial charge is 0.472 e. The highest BCUT2D eigenvalue weighted by Gasteiger charge is 2.51. The highest BCUT2D eigenvalue weighted by Crippen LogP contribution is 2.47. The number of phosphoric ester groups is 1. The Labute approximate surface area is 430 Å². The van der Waals surface area contributed by atoms with Crippen molar-refractivity contribution in [2.75, 3.05) is 13.2 Å². The van der Waals surface area contributed by atoms with Gasteiger partial charge in [0, 0.05) is 12.8 Å². The van der Waals surface area contributed by atoms with Crippen molar-refractivity contribution in [1.29, 1.82) is 0 Å². The summed E-state index contributed by atoms with van der Waals surface area (Å²) in [5.41, 5.74) is 0. The Morgan fingerprint density at radius 3 is 1.21 bits per heavy atom. The van der Waals surface area contributed by atoms with Crippen LogP contribution in [0.15, 0.2) is 60.8 Å². The number of carbonyl (C=O) groups is 2. The normalized spacial score (nSPS) is 21.1. The van der Waals surface area contributed by atoms with Crippen LogP contribution in [0, 0.1) is 0 Å². The Morgan fingerprint density at radius 2 is 0.789 bits per heavy atom. The minimum atomic E-state index is -5.14. The molecular formula is C57H101O13P. The lowest BCUT2D eigenvalue weighted by atomic mass is 9.85. The third-order valence-electron chi connectivity index (χ3n) is 12.9. The monoisotopic (exact) mass is 1020 g/mol. The van der Waals surface area contributed by atoms with Gasteiger partial charge in [0.2, 0.25) is 0 Å². The molecule has 0 saturated heterocycles. The minimum Gasteiger partial charge on any atom is -0.462 e. The molecule has 14 heteroatoms. The zero-order valence-electron chi connectivity index (χ0n) is 44.3. The topological polar surface area (TPSA) is 210 Å². The van der Waals surface area contributed by atoms with E-state index in [1.54, 1.807) is 0 Å². The van der Waals surface area contributed by atoms with Crippen molar-refractivity contribution >= 4 is 19.8 Å². The van der Waals surface area contributed by atoms with Crippen molar-refractivity contribution in [3.63, 3.8) is 0 Å². The molecule has 8 atom stereocenters. The fraction of sp³-hybridized carbons (Fsp3) is 0.789. The molecule has 0 heterocycles. The van der Waals surface area contributed by atoms with Gasteiger partial charge in [0.05, 0.1) is 6.61 Å². The molecule has 1 saturated carbocycles. The molecule has 0 aromatic heterocycles. The first-order valence-electron chi connectivity index (χ1n) is 28.1. The summed E-state index contributed by atoms with van der Waals surface area (Å²) < 4.78 is 33.6. The molecule has 13 nitrogen and oxygen atoms in total. The van der Waals surface area contributed by atoms with E-state index in [1.165, 1.54) is 135 Å². The number of rotatable bonds is 47. The number of hydrogen-bond acceptors (Lipinski definition) is 12. The van der Waals surface area contributed by atoms with Gasteiger partial charge in [0.25, 0.3) is 0 Å². The predicted octanol–water partition coefficient (Wildman–Crippen LogP) is 12.8. The number of ether oxygens (including phenoxy) is 2. The van der Waals surface area contributed by atoms with E-state index in [4.69, 9.17) is 18.5 Å². The summed E-state index contributed by atoms with van der Waals surface area (Å²) in [5.74, 6) is -1.19. The maximum atomic E-state index is 12.9. The van der Waals surface area contributed by atoms with Gasteiger partial charge >= 0.3 is 19.8 Å². The van der Waals surface area contributed by atoms with Crippen LogP contribution in [-0.4, -0.2) is 98.3 Å². The lowest BCUT2D eigenvalue weighted by Crippen LogP contribution is -2.64. The maximum Gasteiger partial charge on any atom is 0.472 e. The zero-order chi connectivity index (χ0) is 52.1. The SMILES string of the molecule is CCCCC/C=C/C/C=C/C/C=C/C/C=C/C/C=C/CCC(=O)OC[C@H](COP(=O)(O)OC1C(O)C(O)C(O)[C@@H](O)C1O)OC(=O)CCCCCCCCCCCCCCCCCCCCCCCCC. The lowest BCUT2D eigenvalue weighted by molar-refractivity contribution is -0.220. The molecule has 71 heavy (non-hydrogen) atoms. The van der Waals surface area contributed by atoms with Crippen LogP contribution >= 0.6 is 7.82 Å². The number of phosphoric acid groups is 1. The molecule has 1 aliphatic rings. The average molecular weight is 1030 g/mol. The third kappa shape index (κ3) is 37.9. The first kappa shape index (κ1) is 66.6. The van der Waals surface area contributed by atoms with E-state index in [-0.39, 0.29) is 12.8 Å². The molecular weight excluding hydrogens is 924 g/mol. The van der Waals surface area contributed by atoms with E-state index in [2.05, 4.69) is 56.4 Å². The molecule has 1 fully saturated rings. The van der Waals surface area contributed by atoms with Gasteiger partial charge in [-0.05, 0) is 51.4 Å². The van der Waals surface area contributed by atoms with Gasteiger partial charge in [-0.15, -0.1) is 0 Å². The van der Waals surface area contributed by atoms with Gasteiger partial charge in [-0.1, -0.05) is 229 Å².